The fourth-order valence-corrected chi connectivity index (χ4v) is 4.96. The van der Waals surface area contributed by atoms with Crippen molar-refractivity contribution in [1.82, 2.24) is 20.8 Å². The number of hydrogen-bond acceptors (Lipinski definition) is 7. The van der Waals surface area contributed by atoms with Crippen molar-refractivity contribution in [3.63, 3.8) is 0 Å². The fourth-order valence-electron chi connectivity index (χ4n) is 1.60. The van der Waals surface area contributed by atoms with Crippen molar-refractivity contribution in [3.8, 4) is 0 Å². The predicted molar refractivity (Wildman–Crippen MR) is 106 cm³/mol. The summed E-state index contributed by atoms with van der Waals surface area (Å²) in [4.78, 5) is 24.0. The molecular weight excluding hydrogens is 376 g/mol. The van der Waals surface area contributed by atoms with Crippen LogP contribution in [0.3, 0.4) is 0 Å². The lowest BCUT2D eigenvalue weighted by Crippen LogP contribution is -2.33. The summed E-state index contributed by atoms with van der Waals surface area (Å²) in [5, 5.41) is 13.6. The van der Waals surface area contributed by atoms with Crippen LogP contribution in [0.15, 0.2) is 8.68 Å². The molecule has 0 aliphatic heterocycles. The average Bonchev–Trinajstić information content (AvgIpc) is 2.96. The first-order valence-corrected chi connectivity index (χ1v) is 11.0. The molecule has 0 radical (unpaired) electrons. The van der Waals surface area contributed by atoms with Crippen LogP contribution in [0.4, 0.5) is 0 Å². The highest BCUT2D eigenvalue weighted by molar-refractivity contribution is 8.04. The first-order valence-electron chi connectivity index (χ1n) is 8.41. The Morgan fingerprint density at radius 2 is 1.20 bits per heavy atom. The molecule has 0 unspecified atom stereocenters. The summed E-state index contributed by atoms with van der Waals surface area (Å²) in [6.07, 6.45) is 0. The number of nitrogens with one attached hydrogen (secondary N) is 2. The molecule has 2 atom stereocenters. The van der Waals surface area contributed by atoms with Gasteiger partial charge in [-0.05, 0) is 25.7 Å². The monoisotopic (exact) mass is 404 g/mol. The maximum atomic E-state index is 12.0. The molecule has 0 saturated carbocycles. The normalized spacial score (nSPS) is 13.8. The zero-order valence-electron chi connectivity index (χ0n) is 15.7. The molecule has 1 aromatic heterocycles. The second-order valence-electron chi connectivity index (χ2n) is 6.63. The molecule has 0 aromatic carbocycles. The Labute approximate surface area is 162 Å². The highest BCUT2D eigenvalue weighted by atomic mass is 32.2. The van der Waals surface area contributed by atoms with Crippen molar-refractivity contribution in [2.75, 3.05) is 13.1 Å². The first kappa shape index (κ1) is 22.2. The topological polar surface area (TPSA) is 84.0 Å². The molecule has 142 valence electrons. The quantitative estimate of drug-likeness (QED) is 0.583. The second kappa shape index (κ2) is 11.0. The Hall–Kier alpha value is -0.800. The van der Waals surface area contributed by atoms with Gasteiger partial charge in [0.1, 0.15) is 0 Å². The van der Waals surface area contributed by atoms with E-state index < -0.39 is 0 Å². The van der Waals surface area contributed by atoms with Gasteiger partial charge in [0, 0.05) is 13.1 Å². The number of aromatic nitrogens is 2. The molecule has 1 rings (SSSR count). The van der Waals surface area contributed by atoms with E-state index in [9.17, 15) is 9.59 Å². The Bertz CT molecular complexity index is 517. The minimum absolute atomic E-state index is 0.00420. The third-order valence-corrected chi connectivity index (χ3v) is 6.34. The van der Waals surface area contributed by atoms with Crippen LogP contribution in [0.25, 0.3) is 0 Å². The van der Waals surface area contributed by atoms with Gasteiger partial charge in [-0.25, -0.2) is 0 Å². The highest BCUT2D eigenvalue weighted by Crippen LogP contribution is 2.33. The Morgan fingerprint density at radius 3 is 1.52 bits per heavy atom. The van der Waals surface area contributed by atoms with Gasteiger partial charge in [0.15, 0.2) is 8.68 Å². The molecule has 0 aliphatic rings. The van der Waals surface area contributed by atoms with Crippen LogP contribution < -0.4 is 10.6 Å². The van der Waals surface area contributed by atoms with Gasteiger partial charge in [0.2, 0.25) is 11.8 Å². The minimum Gasteiger partial charge on any atom is -0.355 e. The number of thioether (sulfide) groups is 2. The predicted octanol–water partition coefficient (Wildman–Crippen LogP) is 3.04. The average molecular weight is 405 g/mol. The Morgan fingerprint density at radius 1 is 0.840 bits per heavy atom. The third-order valence-electron chi connectivity index (χ3n) is 3.05. The maximum absolute atomic E-state index is 12.0. The van der Waals surface area contributed by atoms with Crippen molar-refractivity contribution in [2.24, 2.45) is 11.8 Å². The van der Waals surface area contributed by atoms with E-state index in [1.54, 1.807) is 0 Å². The number of hydrogen-bond donors (Lipinski definition) is 2. The van der Waals surface area contributed by atoms with Crippen LogP contribution in [-0.2, 0) is 9.59 Å². The number of carbonyl (C=O) groups excluding carboxylic acids is 2. The van der Waals surface area contributed by atoms with Crippen LogP contribution >= 0.6 is 34.9 Å². The molecule has 0 fully saturated rings. The van der Waals surface area contributed by atoms with Crippen LogP contribution in [0, 0.1) is 11.8 Å². The van der Waals surface area contributed by atoms with E-state index in [-0.39, 0.29) is 22.3 Å². The summed E-state index contributed by atoms with van der Waals surface area (Å²) in [6, 6.07) is 0. The zero-order valence-corrected chi connectivity index (χ0v) is 18.1. The van der Waals surface area contributed by atoms with Crippen LogP contribution in [-0.4, -0.2) is 45.6 Å². The van der Waals surface area contributed by atoms with E-state index in [4.69, 9.17) is 0 Å². The van der Waals surface area contributed by atoms with Gasteiger partial charge in [-0.2, -0.15) is 0 Å². The SMILES string of the molecule is CC(C)CNC(=O)[C@@H](C)Sc1nnc(S[C@H](C)C(=O)NCC(C)C)s1. The van der Waals surface area contributed by atoms with E-state index in [0.29, 0.717) is 24.9 Å². The van der Waals surface area contributed by atoms with Crippen LogP contribution in [0.1, 0.15) is 41.5 Å². The van der Waals surface area contributed by atoms with Gasteiger partial charge in [-0.15, -0.1) is 10.2 Å². The van der Waals surface area contributed by atoms with Crippen molar-refractivity contribution in [2.45, 2.75) is 60.7 Å². The summed E-state index contributed by atoms with van der Waals surface area (Å²) in [5.74, 6) is 0.858. The second-order valence-corrected chi connectivity index (χ2v) is 10.8. The number of carbonyl (C=O) groups is 2. The van der Waals surface area contributed by atoms with Crippen LogP contribution in [0.2, 0.25) is 0 Å². The molecule has 25 heavy (non-hydrogen) atoms. The molecule has 0 bridgehead atoms. The maximum Gasteiger partial charge on any atom is 0.233 e. The summed E-state index contributed by atoms with van der Waals surface area (Å²) < 4.78 is 1.48. The van der Waals surface area contributed by atoms with Gasteiger partial charge in [0.25, 0.3) is 0 Å². The first-order chi connectivity index (χ1) is 11.7. The lowest BCUT2D eigenvalue weighted by Gasteiger charge is -2.12. The van der Waals surface area contributed by atoms with Gasteiger partial charge in [-0.1, -0.05) is 62.6 Å². The fraction of sp³-hybridized carbons (Fsp3) is 0.750. The highest BCUT2D eigenvalue weighted by Gasteiger charge is 2.20. The lowest BCUT2D eigenvalue weighted by molar-refractivity contribution is -0.121. The summed E-state index contributed by atoms with van der Waals surface area (Å²) >= 11 is 4.20. The molecular formula is C16H28N4O2S3. The smallest absolute Gasteiger partial charge is 0.233 e. The summed E-state index contributed by atoms with van der Waals surface area (Å²) in [5.41, 5.74) is 0. The minimum atomic E-state index is -0.226. The molecule has 0 spiro atoms. The van der Waals surface area contributed by atoms with Crippen molar-refractivity contribution in [1.29, 1.82) is 0 Å². The van der Waals surface area contributed by atoms with E-state index in [1.165, 1.54) is 34.9 Å². The van der Waals surface area contributed by atoms with Crippen molar-refractivity contribution in [3.05, 3.63) is 0 Å². The Balaban J connectivity index is 2.47. The largest absolute Gasteiger partial charge is 0.355 e. The number of amides is 2. The Kier molecular flexibility index (Phi) is 9.81. The molecule has 1 aromatic rings. The molecule has 0 aliphatic carbocycles. The van der Waals surface area contributed by atoms with Gasteiger partial charge in [-0.3, -0.25) is 9.59 Å². The van der Waals surface area contributed by atoms with E-state index in [2.05, 4.69) is 48.5 Å². The standard InChI is InChI=1S/C16H28N4O2S3/c1-9(2)7-17-13(21)11(5)23-15-19-20-16(25-15)24-12(6)14(22)18-8-10(3)4/h9-12H,7-8H2,1-6H3,(H,17,21)(H,18,22)/t11-,12-/m1/s1. The van der Waals surface area contributed by atoms with E-state index >= 15 is 0 Å². The van der Waals surface area contributed by atoms with Crippen molar-refractivity contribution >= 4 is 46.7 Å². The van der Waals surface area contributed by atoms with Crippen LogP contribution in [0.5, 0.6) is 0 Å². The molecule has 0 saturated heterocycles. The summed E-state index contributed by atoms with van der Waals surface area (Å²) in [6.45, 7) is 13.3. The zero-order chi connectivity index (χ0) is 19.0. The van der Waals surface area contributed by atoms with Gasteiger partial charge < -0.3 is 10.6 Å². The molecule has 6 nitrogen and oxygen atoms in total. The molecule has 1 heterocycles. The van der Waals surface area contributed by atoms with E-state index in [0.717, 1.165) is 8.68 Å². The van der Waals surface area contributed by atoms with E-state index in [1.807, 2.05) is 13.8 Å². The molecule has 9 heteroatoms. The summed E-state index contributed by atoms with van der Waals surface area (Å²) in [7, 11) is 0. The lowest BCUT2D eigenvalue weighted by atomic mass is 10.2. The van der Waals surface area contributed by atoms with Gasteiger partial charge >= 0.3 is 0 Å². The molecule has 2 amide bonds. The van der Waals surface area contributed by atoms with Crippen molar-refractivity contribution < 1.29 is 9.59 Å². The van der Waals surface area contributed by atoms with Gasteiger partial charge in [0.05, 0.1) is 10.5 Å². The third kappa shape index (κ3) is 8.91. The molecule has 2 N–H and O–H groups in total. The number of nitrogens with zero attached hydrogens (tertiary/aromatic N) is 2. The number of rotatable bonds is 10.